The van der Waals surface area contributed by atoms with E-state index >= 15 is 0 Å². The predicted octanol–water partition coefficient (Wildman–Crippen LogP) is 4.39. The van der Waals surface area contributed by atoms with Gasteiger partial charge in [0, 0.05) is 60.4 Å². The number of aromatic nitrogens is 3. The largest absolute Gasteiger partial charge is 0.391 e. The van der Waals surface area contributed by atoms with Gasteiger partial charge >= 0.3 is 0 Å². The van der Waals surface area contributed by atoms with Crippen molar-refractivity contribution in [2.24, 2.45) is 10.8 Å². The van der Waals surface area contributed by atoms with Gasteiger partial charge in [-0.3, -0.25) is 4.98 Å². The minimum absolute atomic E-state index is 0.342. The number of aliphatic hydroxyl groups is 1. The van der Waals surface area contributed by atoms with Crippen molar-refractivity contribution in [2.45, 2.75) is 18.9 Å². The summed E-state index contributed by atoms with van der Waals surface area (Å²) in [5.74, 6) is 0.762. The monoisotopic (exact) mass is 531 g/mol. The third kappa shape index (κ3) is 6.23. The van der Waals surface area contributed by atoms with Gasteiger partial charge < -0.3 is 21.1 Å². The van der Waals surface area contributed by atoms with Crippen LogP contribution in [0.2, 0.25) is 0 Å². The van der Waals surface area contributed by atoms with E-state index in [1.165, 1.54) is 0 Å². The summed E-state index contributed by atoms with van der Waals surface area (Å²) < 4.78 is 0. The Kier molecular flexibility index (Phi) is 7.94. The zero-order valence-corrected chi connectivity index (χ0v) is 21.9. The van der Waals surface area contributed by atoms with Crippen LogP contribution >= 0.6 is 0 Å². The molecule has 1 saturated heterocycles. The van der Waals surface area contributed by atoms with E-state index in [1.807, 2.05) is 48.5 Å². The zero-order valence-electron chi connectivity index (χ0n) is 21.9. The zero-order chi connectivity index (χ0) is 27.9. The topological polar surface area (TPSA) is 140 Å². The van der Waals surface area contributed by atoms with Gasteiger partial charge in [0.25, 0.3) is 0 Å². The molecule has 1 fully saturated rings. The number of hydrogen-bond donors (Lipinski definition) is 3. The van der Waals surface area contributed by atoms with Gasteiger partial charge in [-0.2, -0.15) is 10.4 Å². The van der Waals surface area contributed by atoms with Crippen molar-refractivity contribution in [1.29, 1.82) is 5.26 Å². The van der Waals surface area contributed by atoms with Crippen LogP contribution in [0.1, 0.15) is 24.0 Å². The molecule has 10 nitrogen and oxygen atoms in total. The first-order valence-corrected chi connectivity index (χ1v) is 12.9. The molecular weight excluding hydrogens is 502 g/mol. The van der Waals surface area contributed by atoms with Crippen LogP contribution in [0.15, 0.2) is 97.1 Å². The molecule has 2 aromatic heterocycles. The molecule has 5 rings (SSSR count). The quantitative estimate of drug-likeness (QED) is 0.172. The molecule has 10 heteroatoms. The Hall–Kier alpha value is -5.27. The SMILES string of the molecule is C=CN(/N=C(\N)c1ccncc1)c1ccc(Nc2nccc(-c3cc(C#N)cc(N4CCCC(O)C4)c3)n2)cc1. The highest BCUT2D eigenvalue weighted by Crippen LogP contribution is 2.29. The van der Waals surface area contributed by atoms with Crippen molar-refractivity contribution < 1.29 is 5.11 Å². The van der Waals surface area contributed by atoms with Crippen LogP contribution in [-0.2, 0) is 0 Å². The number of piperidine rings is 1. The second kappa shape index (κ2) is 12.1. The van der Waals surface area contributed by atoms with Crippen LogP contribution in [0, 0.1) is 11.3 Å². The lowest BCUT2D eigenvalue weighted by atomic mass is 10.0. The predicted molar refractivity (Wildman–Crippen MR) is 157 cm³/mol. The fourth-order valence-corrected chi connectivity index (χ4v) is 4.50. The highest BCUT2D eigenvalue weighted by atomic mass is 16.3. The van der Waals surface area contributed by atoms with E-state index in [0.29, 0.717) is 29.6 Å². The molecule has 0 bridgehead atoms. The lowest BCUT2D eigenvalue weighted by Crippen LogP contribution is -2.38. The van der Waals surface area contributed by atoms with E-state index in [4.69, 9.17) is 10.7 Å². The van der Waals surface area contributed by atoms with Crippen LogP contribution in [-0.4, -0.2) is 45.1 Å². The van der Waals surface area contributed by atoms with Crippen molar-refractivity contribution in [2.75, 3.05) is 28.3 Å². The summed E-state index contributed by atoms with van der Waals surface area (Å²) >= 11 is 0. The number of nitrogens with one attached hydrogen (secondary N) is 1. The first kappa shape index (κ1) is 26.3. The maximum atomic E-state index is 10.1. The Balaban J connectivity index is 1.34. The molecule has 1 atom stereocenters. The van der Waals surface area contributed by atoms with E-state index in [-0.39, 0.29) is 6.10 Å². The van der Waals surface area contributed by atoms with Crippen LogP contribution < -0.4 is 21.0 Å². The van der Waals surface area contributed by atoms with Gasteiger partial charge in [-0.1, -0.05) is 6.58 Å². The van der Waals surface area contributed by atoms with E-state index < -0.39 is 0 Å². The Bertz CT molecular complexity index is 1550. The number of nitriles is 1. The van der Waals surface area contributed by atoms with E-state index in [2.05, 4.69) is 37.9 Å². The normalized spacial score (nSPS) is 15.2. The molecule has 1 aliphatic rings. The molecule has 3 heterocycles. The molecule has 200 valence electrons. The maximum absolute atomic E-state index is 10.1. The highest BCUT2D eigenvalue weighted by Gasteiger charge is 2.19. The van der Waals surface area contributed by atoms with E-state index in [0.717, 1.165) is 47.6 Å². The number of nitrogens with two attached hydrogens (primary N) is 1. The Morgan fingerprint density at radius 2 is 1.95 bits per heavy atom. The number of nitrogens with zero attached hydrogens (tertiary/aromatic N) is 7. The van der Waals surface area contributed by atoms with Crippen LogP contribution in [0.4, 0.5) is 23.0 Å². The molecule has 0 aliphatic carbocycles. The molecule has 0 saturated carbocycles. The highest BCUT2D eigenvalue weighted by molar-refractivity contribution is 5.97. The van der Waals surface area contributed by atoms with Gasteiger partial charge in [0.1, 0.15) is 0 Å². The van der Waals surface area contributed by atoms with Gasteiger partial charge in [0.05, 0.1) is 29.1 Å². The second-order valence-corrected chi connectivity index (χ2v) is 9.31. The summed E-state index contributed by atoms with van der Waals surface area (Å²) in [6.45, 7) is 5.23. The fraction of sp³-hybridized carbons (Fsp3) is 0.167. The maximum Gasteiger partial charge on any atom is 0.227 e. The Morgan fingerprint density at radius 1 is 1.15 bits per heavy atom. The number of anilines is 4. The molecule has 0 amide bonds. The number of β-amino-alcohol motifs (C(OH)–C–C–N with tert-alkyl or cyclic N) is 1. The third-order valence-electron chi connectivity index (χ3n) is 6.51. The van der Waals surface area contributed by atoms with Crippen molar-refractivity contribution in [1.82, 2.24) is 15.0 Å². The van der Waals surface area contributed by atoms with E-state index in [1.54, 1.807) is 41.9 Å². The number of benzene rings is 2. The lowest BCUT2D eigenvalue weighted by molar-refractivity contribution is 0.154. The molecule has 40 heavy (non-hydrogen) atoms. The number of pyridine rings is 1. The van der Waals surface area contributed by atoms with Gasteiger partial charge in [0.15, 0.2) is 5.84 Å². The number of rotatable bonds is 8. The summed E-state index contributed by atoms with van der Waals surface area (Å²) in [5.41, 5.74) is 11.4. The molecule has 4 N–H and O–H groups in total. The summed E-state index contributed by atoms with van der Waals surface area (Å²) in [4.78, 5) is 15.2. The summed E-state index contributed by atoms with van der Waals surface area (Å²) in [6, 6.07) is 20.8. The first-order valence-electron chi connectivity index (χ1n) is 12.9. The Labute approximate surface area is 232 Å². The van der Waals surface area contributed by atoms with E-state index in [9.17, 15) is 10.4 Å². The summed E-state index contributed by atoms with van der Waals surface area (Å²) in [5, 5.41) is 29.0. The molecule has 1 unspecified atom stereocenters. The van der Waals surface area contributed by atoms with Crippen LogP contribution in [0.25, 0.3) is 11.3 Å². The average molecular weight is 532 g/mol. The van der Waals surface area contributed by atoms with Gasteiger partial charge in [0.2, 0.25) is 5.95 Å². The van der Waals surface area contributed by atoms with Crippen LogP contribution in [0.3, 0.4) is 0 Å². The number of hydrogen-bond acceptors (Lipinski definition) is 9. The van der Waals surface area contributed by atoms with Gasteiger partial charge in [-0.15, -0.1) is 0 Å². The third-order valence-corrected chi connectivity index (χ3v) is 6.51. The number of aliphatic hydroxyl groups excluding tert-OH is 1. The molecule has 0 radical (unpaired) electrons. The first-order chi connectivity index (χ1) is 19.5. The smallest absolute Gasteiger partial charge is 0.227 e. The minimum atomic E-state index is -0.367. The minimum Gasteiger partial charge on any atom is -0.391 e. The molecule has 4 aromatic rings. The average Bonchev–Trinajstić information content (AvgIpc) is 3.00. The van der Waals surface area contributed by atoms with Crippen LogP contribution in [0.5, 0.6) is 0 Å². The van der Waals surface area contributed by atoms with Crippen molar-refractivity contribution in [3.05, 3.63) is 103 Å². The Morgan fingerprint density at radius 3 is 2.67 bits per heavy atom. The second-order valence-electron chi connectivity index (χ2n) is 9.31. The van der Waals surface area contributed by atoms with Crippen molar-refractivity contribution in [3.63, 3.8) is 0 Å². The molecule has 0 spiro atoms. The molecule has 2 aromatic carbocycles. The summed E-state index contributed by atoms with van der Waals surface area (Å²) in [7, 11) is 0. The summed E-state index contributed by atoms with van der Waals surface area (Å²) in [6.07, 6.45) is 7.91. The standard InChI is InChI=1S/C30H29N9O/c1-2-39(37-29(32)22-9-12-33-13-10-22)25-7-5-24(6-8-25)35-30-34-14-11-28(36-30)23-16-21(19-31)17-26(18-23)38-15-3-4-27(40)20-38/h2,5-14,16-18,27,40H,1,3-4,15,20H2,(H2,32,37)(H,34,35,36). The lowest BCUT2D eigenvalue weighted by Gasteiger charge is -2.32. The molecular formula is C30H29N9O. The molecule has 1 aliphatic heterocycles. The number of amidine groups is 1. The number of hydrazone groups is 1. The van der Waals surface area contributed by atoms with Gasteiger partial charge in [-0.05, 0) is 73.5 Å². The van der Waals surface area contributed by atoms with Crippen molar-refractivity contribution >= 4 is 28.8 Å². The van der Waals surface area contributed by atoms with Crippen molar-refractivity contribution in [3.8, 4) is 17.3 Å². The van der Waals surface area contributed by atoms with Gasteiger partial charge in [-0.25, -0.2) is 15.0 Å². The fourth-order valence-electron chi connectivity index (χ4n) is 4.50.